The van der Waals surface area contributed by atoms with E-state index in [4.69, 9.17) is 23.2 Å². The first-order valence-electron chi connectivity index (χ1n) is 4.20. The first-order chi connectivity index (χ1) is 7.11. The Morgan fingerprint density at radius 1 is 1.40 bits per heavy atom. The lowest BCUT2D eigenvalue weighted by Crippen LogP contribution is -2.11. The molecule has 2 rings (SSSR count). The molecule has 1 aliphatic rings. The van der Waals surface area contributed by atoms with Crippen LogP contribution >= 0.6 is 23.2 Å². The van der Waals surface area contributed by atoms with Crippen molar-refractivity contribution in [2.45, 2.75) is 6.42 Å². The minimum Gasteiger partial charge on any atom is -0.346 e. The first-order valence-corrected chi connectivity index (χ1v) is 4.96. The summed E-state index contributed by atoms with van der Waals surface area (Å²) >= 11 is 11.4. The molecule has 0 amide bonds. The molecule has 78 valence electrons. The van der Waals surface area contributed by atoms with Gasteiger partial charge in [-0.3, -0.25) is 4.79 Å². The molecule has 0 spiro atoms. The van der Waals surface area contributed by atoms with Crippen molar-refractivity contribution < 1.29 is 9.18 Å². The Balaban J connectivity index is 2.48. The number of aldehydes is 1. The fraction of sp³-hybridized carbons (Fsp3) is 0.100. The number of fused-ring (bicyclic) bond motifs is 1. The van der Waals surface area contributed by atoms with Crippen molar-refractivity contribution >= 4 is 35.2 Å². The van der Waals surface area contributed by atoms with E-state index >= 15 is 0 Å². The van der Waals surface area contributed by atoms with E-state index in [0.717, 1.165) is 0 Å². The van der Waals surface area contributed by atoms with Crippen molar-refractivity contribution in [3.8, 4) is 0 Å². The van der Waals surface area contributed by atoms with E-state index in [2.05, 4.69) is 5.32 Å². The van der Waals surface area contributed by atoms with Crippen molar-refractivity contribution in [3.63, 3.8) is 0 Å². The van der Waals surface area contributed by atoms with Gasteiger partial charge in [0.2, 0.25) is 0 Å². The maximum absolute atomic E-state index is 13.1. The van der Waals surface area contributed by atoms with E-state index in [-0.39, 0.29) is 10.2 Å². The third-order valence-electron chi connectivity index (χ3n) is 2.20. The van der Waals surface area contributed by atoms with Crippen LogP contribution in [0.2, 0.25) is 5.02 Å². The molecule has 0 aromatic heterocycles. The molecule has 2 nitrogen and oxygen atoms in total. The minimum absolute atomic E-state index is 0.0280. The smallest absolute Gasteiger partial charge is 0.149 e. The standard InChI is InChI=1S/C10H6Cl2FNO/c11-7-3-9-5(2-8(7)13)1-6(4-15)10(12)14-9/h2-4,14H,1H2. The molecule has 1 aromatic carbocycles. The number of carbonyl (C=O) groups excluding carboxylic acids is 1. The largest absolute Gasteiger partial charge is 0.346 e. The number of nitrogens with one attached hydrogen (secondary N) is 1. The lowest BCUT2D eigenvalue weighted by molar-refractivity contribution is -0.105. The van der Waals surface area contributed by atoms with E-state index < -0.39 is 5.82 Å². The van der Waals surface area contributed by atoms with Crippen LogP contribution in [-0.4, -0.2) is 6.29 Å². The SMILES string of the molecule is O=CC1=C(Cl)Nc2cc(Cl)c(F)cc2C1. The number of halogens is 3. The molecule has 0 saturated heterocycles. The topological polar surface area (TPSA) is 29.1 Å². The second kappa shape index (κ2) is 3.83. The second-order valence-corrected chi connectivity index (χ2v) is 3.97. The molecule has 5 heteroatoms. The zero-order chi connectivity index (χ0) is 11.0. The van der Waals surface area contributed by atoms with Crippen LogP contribution in [-0.2, 0) is 11.2 Å². The van der Waals surface area contributed by atoms with Crippen LogP contribution in [0.4, 0.5) is 10.1 Å². The summed E-state index contributed by atoms with van der Waals surface area (Å²) in [6.07, 6.45) is 0.976. The van der Waals surface area contributed by atoms with Gasteiger partial charge in [-0.25, -0.2) is 4.39 Å². The average molecular weight is 246 g/mol. The number of allylic oxidation sites excluding steroid dienone is 1. The van der Waals surface area contributed by atoms with Crippen LogP contribution in [0.15, 0.2) is 22.9 Å². The number of carbonyl (C=O) groups is 1. The highest BCUT2D eigenvalue weighted by atomic mass is 35.5. The van der Waals surface area contributed by atoms with Gasteiger partial charge in [0.1, 0.15) is 17.3 Å². The number of hydrogen-bond donors (Lipinski definition) is 1. The molecule has 0 saturated carbocycles. The summed E-state index contributed by atoms with van der Waals surface area (Å²) < 4.78 is 13.1. The van der Waals surface area contributed by atoms with E-state index in [1.807, 2.05) is 0 Å². The highest BCUT2D eigenvalue weighted by Gasteiger charge is 2.17. The Labute approximate surface area is 95.7 Å². The highest BCUT2D eigenvalue weighted by Crippen LogP contribution is 2.32. The molecular formula is C10H6Cl2FNO. The highest BCUT2D eigenvalue weighted by molar-refractivity contribution is 6.33. The fourth-order valence-corrected chi connectivity index (χ4v) is 1.80. The third-order valence-corrected chi connectivity index (χ3v) is 2.82. The predicted molar refractivity (Wildman–Crippen MR) is 57.7 cm³/mol. The van der Waals surface area contributed by atoms with Gasteiger partial charge in [-0.05, 0) is 17.7 Å². The second-order valence-electron chi connectivity index (χ2n) is 3.18. The Morgan fingerprint density at radius 2 is 2.13 bits per heavy atom. The van der Waals surface area contributed by atoms with Gasteiger partial charge in [-0.15, -0.1) is 0 Å². The van der Waals surface area contributed by atoms with Crippen molar-refractivity contribution in [1.29, 1.82) is 0 Å². The molecule has 0 aliphatic carbocycles. The van der Waals surface area contributed by atoms with Gasteiger partial charge in [-0.1, -0.05) is 23.2 Å². The molecule has 0 bridgehead atoms. The molecule has 0 fully saturated rings. The van der Waals surface area contributed by atoms with Crippen LogP contribution in [0.5, 0.6) is 0 Å². The lowest BCUT2D eigenvalue weighted by Gasteiger charge is -2.18. The van der Waals surface area contributed by atoms with Gasteiger partial charge in [-0.2, -0.15) is 0 Å². The quantitative estimate of drug-likeness (QED) is 0.609. The van der Waals surface area contributed by atoms with Crippen molar-refractivity contribution in [2.24, 2.45) is 0 Å². The minimum atomic E-state index is -0.500. The molecule has 0 atom stereocenters. The zero-order valence-corrected chi connectivity index (χ0v) is 8.99. The maximum Gasteiger partial charge on any atom is 0.149 e. The Bertz CT molecular complexity index is 471. The van der Waals surface area contributed by atoms with E-state index in [9.17, 15) is 9.18 Å². The van der Waals surface area contributed by atoms with Crippen LogP contribution in [0.1, 0.15) is 5.56 Å². The van der Waals surface area contributed by atoms with E-state index in [0.29, 0.717) is 29.5 Å². The zero-order valence-electron chi connectivity index (χ0n) is 7.48. The summed E-state index contributed by atoms with van der Waals surface area (Å²) in [5.41, 5.74) is 1.71. The summed E-state index contributed by atoms with van der Waals surface area (Å²) in [4.78, 5) is 10.6. The molecule has 1 aliphatic heterocycles. The molecule has 1 N–H and O–H groups in total. The van der Waals surface area contributed by atoms with Gasteiger partial charge < -0.3 is 5.32 Å². The molecule has 0 unspecified atom stereocenters. The summed E-state index contributed by atoms with van der Waals surface area (Å²) in [7, 11) is 0. The van der Waals surface area contributed by atoms with Crippen molar-refractivity contribution in [2.75, 3.05) is 5.32 Å². The van der Waals surface area contributed by atoms with Crippen molar-refractivity contribution in [1.82, 2.24) is 0 Å². The lowest BCUT2D eigenvalue weighted by atomic mass is 10.0. The number of benzene rings is 1. The normalized spacial score (nSPS) is 14.6. The summed E-state index contributed by atoms with van der Waals surface area (Å²) in [5, 5.41) is 3.08. The molecule has 1 heterocycles. The number of anilines is 1. The number of hydrogen-bond acceptors (Lipinski definition) is 2. The molecule has 0 radical (unpaired) electrons. The maximum atomic E-state index is 13.1. The first kappa shape index (κ1) is 10.5. The summed E-state index contributed by atoms with van der Waals surface area (Å²) in [6, 6.07) is 2.76. The summed E-state index contributed by atoms with van der Waals surface area (Å²) in [6.45, 7) is 0. The third kappa shape index (κ3) is 1.85. The molecule has 1 aromatic rings. The van der Waals surface area contributed by atoms with Crippen LogP contribution in [0.25, 0.3) is 0 Å². The van der Waals surface area contributed by atoms with Gasteiger partial charge in [0, 0.05) is 17.7 Å². The monoisotopic (exact) mass is 245 g/mol. The Hall–Kier alpha value is -1.06. The van der Waals surface area contributed by atoms with Crippen LogP contribution < -0.4 is 5.32 Å². The molecule has 15 heavy (non-hydrogen) atoms. The predicted octanol–water partition coefficient (Wildman–Crippen LogP) is 3.10. The van der Waals surface area contributed by atoms with Gasteiger partial charge in [0.05, 0.1) is 5.02 Å². The van der Waals surface area contributed by atoms with Crippen molar-refractivity contribution in [3.05, 3.63) is 39.3 Å². The Kier molecular flexibility index (Phi) is 2.67. The van der Waals surface area contributed by atoms with Crippen LogP contribution in [0, 0.1) is 5.82 Å². The van der Waals surface area contributed by atoms with Crippen LogP contribution in [0.3, 0.4) is 0 Å². The van der Waals surface area contributed by atoms with E-state index in [1.165, 1.54) is 12.1 Å². The summed E-state index contributed by atoms with van der Waals surface area (Å²) in [5.74, 6) is -0.500. The van der Waals surface area contributed by atoms with Gasteiger partial charge in [0.15, 0.2) is 0 Å². The van der Waals surface area contributed by atoms with E-state index in [1.54, 1.807) is 0 Å². The van der Waals surface area contributed by atoms with Gasteiger partial charge >= 0.3 is 0 Å². The average Bonchev–Trinajstić information content (AvgIpc) is 2.20. The fourth-order valence-electron chi connectivity index (χ4n) is 1.43. The van der Waals surface area contributed by atoms with Gasteiger partial charge in [0.25, 0.3) is 0 Å². The number of rotatable bonds is 1. The molecular weight excluding hydrogens is 240 g/mol. The Morgan fingerprint density at radius 3 is 2.80 bits per heavy atom.